The lowest BCUT2D eigenvalue weighted by molar-refractivity contribution is -0.151. The highest BCUT2D eigenvalue weighted by atomic mass is 16.2. The molecule has 0 aromatic heterocycles. The van der Waals surface area contributed by atoms with Gasteiger partial charge in [-0.25, -0.2) is 0 Å². The van der Waals surface area contributed by atoms with Gasteiger partial charge in [0.1, 0.15) is 0 Å². The van der Waals surface area contributed by atoms with Gasteiger partial charge in [0.2, 0.25) is 17.7 Å². The van der Waals surface area contributed by atoms with E-state index in [-0.39, 0.29) is 49.1 Å². The summed E-state index contributed by atoms with van der Waals surface area (Å²) in [4.78, 5) is 49.9. The smallest absolute Gasteiger partial charge is 0.251 e. The maximum atomic E-state index is 12.0. The summed E-state index contributed by atoms with van der Waals surface area (Å²) in [6, 6.07) is 8.44. The third kappa shape index (κ3) is 3.08. The Morgan fingerprint density at radius 2 is 1.65 bits per heavy atom. The first-order valence-corrected chi connectivity index (χ1v) is 7.52. The second-order valence-electron chi connectivity index (χ2n) is 5.66. The predicted molar refractivity (Wildman–Crippen MR) is 80.2 cm³/mol. The van der Waals surface area contributed by atoms with Crippen LogP contribution in [0.1, 0.15) is 23.2 Å². The van der Waals surface area contributed by atoms with Crippen molar-refractivity contribution in [2.45, 2.75) is 18.9 Å². The van der Waals surface area contributed by atoms with Crippen molar-refractivity contribution in [1.82, 2.24) is 15.1 Å². The van der Waals surface area contributed by atoms with Gasteiger partial charge in [-0.05, 0) is 12.1 Å². The fraction of sp³-hybridized carbons (Fsp3) is 0.375. The number of imide groups is 1. The van der Waals surface area contributed by atoms with Crippen LogP contribution in [0.3, 0.4) is 0 Å². The second-order valence-corrected chi connectivity index (χ2v) is 5.66. The molecule has 7 nitrogen and oxygen atoms in total. The van der Waals surface area contributed by atoms with E-state index in [4.69, 9.17) is 0 Å². The number of rotatable bonds is 4. The highest BCUT2D eigenvalue weighted by molar-refractivity contribution is 6.02. The van der Waals surface area contributed by atoms with Crippen molar-refractivity contribution in [2.24, 2.45) is 0 Å². The van der Waals surface area contributed by atoms with Crippen molar-refractivity contribution in [3.63, 3.8) is 0 Å². The average Bonchev–Trinajstić information content (AvgIpc) is 2.84. The zero-order chi connectivity index (χ0) is 16.4. The third-order valence-corrected chi connectivity index (χ3v) is 4.11. The van der Waals surface area contributed by atoms with E-state index in [9.17, 15) is 19.2 Å². The van der Waals surface area contributed by atoms with Crippen molar-refractivity contribution in [3.8, 4) is 0 Å². The van der Waals surface area contributed by atoms with Crippen LogP contribution in [0, 0.1) is 0 Å². The molecule has 23 heavy (non-hydrogen) atoms. The number of benzene rings is 1. The number of hydrogen-bond acceptors (Lipinski definition) is 4. The van der Waals surface area contributed by atoms with Crippen molar-refractivity contribution in [2.75, 3.05) is 19.6 Å². The van der Waals surface area contributed by atoms with Gasteiger partial charge < -0.3 is 10.2 Å². The van der Waals surface area contributed by atoms with E-state index in [0.29, 0.717) is 18.7 Å². The minimum absolute atomic E-state index is 0.0949. The quantitative estimate of drug-likeness (QED) is 0.778. The van der Waals surface area contributed by atoms with E-state index >= 15 is 0 Å². The van der Waals surface area contributed by atoms with Gasteiger partial charge in [-0.15, -0.1) is 0 Å². The number of likely N-dealkylation sites (tertiary alicyclic amines) is 2. The van der Waals surface area contributed by atoms with Gasteiger partial charge in [0.15, 0.2) is 0 Å². The van der Waals surface area contributed by atoms with Crippen molar-refractivity contribution in [1.29, 1.82) is 0 Å². The van der Waals surface area contributed by atoms with Gasteiger partial charge in [-0.1, -0.05) is 18.2 Å². The number of carbonyl (C=O) groups excluding carboxylic acids is 4. The Hall–Kier alpha value is -2.70. The van der Waals surface area contributed by atoms with Crippen LogP contribution in [0.2, 0.25) is 0 Å². The summed E-state index contributed by atoms with van der Waals surface area (Å²) >= 11 is 0. The van der Waals surface area contributed by atoms with Gasteiger partial charge in [0, 0.05) is 31.5 Å². The minimum Gasteiger partial charge on any atom is -0.343 e. The monoisotopic (exact) mass is 315 g/mol. The summed E-state index contributed by atoms with van der Waals surface area (Å²) in [6.07, 6.45) is 0.521. The molecule has 7 heteroatoms. The lowest BCUT2D eigenvalue weighted by Crippen LogP contribution is -2.63. The van der Waals surface area contributed by atoms with E-state index in [2.05, 4.69) is 5.32 Å². The van der Waals surface area contributed by atoms with Crippen LogP contribution in [0.25, 0.3) is 0 Å². The molecule has 1 N–H and O–H groups in total. The van der Waals surface area contributed by atoms with Crippen molar-refractivity contribution >= 4 is 23.6 Å². The fourth-order valence-electron chi connectivity index (χ4n) is 2.78. The van der Waals surface area contributed by atoms with Gasteiger partial charge in [-0.2, -0.15) is 0 Å². The third-order valence-electron chi connectivity index (χ3n) is 4.11. The number of amides is 4. The van der Waals surface area contributed by atoms with Crippen LogP contribution in [0.5, 0.6) is 0 Å². The van der Waals surface area contributed by atoms with Crippen LogP contribution >= 0.6 is 0 Å². The van der Waals surface area contributed by atoms with Gasteiger partial charge in [0.05, 0.1) is 12.6 Å². The van der Waals surface area contributed by atoms with Crippen molar-refractivity contribution in [3.05, 3.63) is 35.9 Å². The largest absolute Gasteiger partial charge is 0.343 e. The highest BCUT2D eigenvalue weighted by Crippen LogP contribution is 2.22. The number of nitrogens with one attached hydrogen (secondary N) is 1. The lowest BCUT2D eigenvalue weighted by atomic mass is 10.1. The molecule has 2 aliphatic heterocycles. The summed E-state index contributed by atoms with van der Waals surface area (Å²) in [7, 11) is 0. The molecule has 1 aromatic rings. The second kappa shape index (κ2) is 6.20. The van der Waals surface area contributed by atoms with E-state index in [1.807, 2.05) is 6.07 Å². The number of nitrogens with zero attached hydrogens (tertiary/aromatic N) is 2. The first kappa shape index (κ1) is 15.2. The highest BCUT2D eigenvalue weighted by Gasteiger charge is 2.42. The maximum Gasteiger partial charge on any atom is 0.251 e. The summed E-state index contributed by atoms with van der Waals surface area (Å²) in [5.41, 5.74) is 0.495. The number of hydrogen-bond donors (Lipinski definition) is 1. The Morgan fingerprint density at radius 1 is 1.04 bits per heavy atom. The minimum atomic E-state index is -0.305. The molecule has 0 radical (unpaired) electrons. The summed E-state index contributed by atoms with van der Waals surface area (Å²) in [6.45, 7) is 0.595. The molecule has 0 spiro atoms. The molecule has 0 saturated carbocycles. The zero-order valence-electron chi connectivity index (χ0n) is 12.5. The van der Waals surface area contributed by atoms with Gasteiger partial charge >= 0.3 is 0 Å². The summed E-state index contributed by atoms with van der Waals surface area (Å²) < 4.78 is 0. The molecule has 1 aromatic carbocycles. The molecule has 2 heterocycles. The molecule has 0 bridgehead atoms. The van der Waals surface area contributed by atoms with Crippen molar-refractivity contribution < 1.29 is 19.2 Å². The summed E-state index contributed by atoms with van der Waals surface area (Å²) in [5, 5.41) is 2.57. The Morgan fingerprint density at radius 3 is 2.26 bits per heavy atom. The predicted octanol–water partition coefficient (Wildman–Crippen LogP) is -0.224. The van der Waals surface area contributed by atoms with Gasteiger partial charge in [-0.3, -0.25) is 24.1 Å². The van der Waals surface area contributed by atoms with E-state index < -0.39 is 0 Å². The van der Waals surface area contributed by atoms with E-state index in [1.165, 1.54) is 9.80 Å². The summed E-state index contributed by atoms with van der Waals surface area (Å²) in [5.74, 6) is -0.848. The topological polar surface area (TPSA) is 86.8 Å². The molecule has 2 aliphatic rings. The molecule has 0 atom stereocenters. The SMILES string of the molecule is O=C(NCC(=O)N1CC(N2C(=O)CCC2=O)C1)c1ccccc1. The Bertz CT molecular complexity index is 637. The molecule has 0 aliphatic carbocycles. The normalized spacial score (nSPS) is 18.1. The first-order chi connectivity index (χ1) is 11.1. The first-order valence-electron chi connectivity index (χ1n) is 7.52. The molecule has 120 valence electrons. The van der Waals surface area contributed by atoms with Crippen LogP contribution in [-0.4, -0.2) is 59.1 Å². The molecule has 2 saturated heterocycles. The van der Waals surface area contributed by atoms with Crippen LogP contribution < -0.4 is 5.32 Å². The Labute approximate surface area is 133 Å². The van der Waals surface area contributed by atoms with Crippen LogP contribution in [0.4, 0.5) is 0 Å². The molecular formula is C16H17N3O4. The van der Waals surface area contributed by atoms with E-state index in [1.54, 1.807) is 24.3 Å². The van der Waals surface area contributed by atoms with Gasteiger partial charge in [0.25, 0.3) is 5.91 Å². The Kier molecular flexibility index (Phi) is 4.10. The number of carbonyl (C=O) groups is 4. The standard InChI is InChI=1S/C16H17N3O4/c20-13-6-7-14(21)19(13)12-9-18(10-12)15(22)8-17-16(23)11-4-2-1-3-5-11/h1-5,12H,6-10H2,(H,17,23). The van der Waals surface area contributed by atoms with Crippen LogP contribution in [-0.2, 0) is 14.4 Å². The lowest BCUT2D eigenvalue weighted by Gasteiger charge is -2.43. The van der Waals surface area contributed by atoms with Crippen LogP contribution in [0.15, 0.2) is 30.3 Å². The van der Waals surface area contributed by atoms with E-state index in [0.717, 1.165) is 0 Å². The molecule has 0 unspecified atom stereocenters. The maximum absolute atomic E-state index is 12.0. The fourth-order valence-corrected chi connectivity index (χ4v) is 2.78. The molecule has 3 rings (SSSR count). The zero-order valence-corrected chi connectivity index (χ0v) is 12.5. The molecule has 2 fully saturated rings. The Balaban J connectivity index is 1.45. The molecule has 4 amide bonds. The molecular weight excluding hydrogens is 298 g/mol. The average molecular weight is 315 g/mol.